The van der Waals surface area contributed by atoms with Crippen molar-refractivity contribution < 1.29 is 0 Å². The van der Waals surface area contributed by atoms with Gasteiger partial charge in [-0.2, -0.15) is 0 Å². The normalized spacial score (nSPS) is 11.0. The maximum Gasteiger partial charge on any atom is 0.191 e. The van der Waals surface area contributed by atoms with E-state index in [4.69, 9.17) is 11.6 Å². The number of aryl methyl sites for hydroxylation is 1. The third kappa shape index (κ3) is 7.05. The van der Waals surface area contributed by atoms with E-state index in [1.807, 2.05) is 24.3 Å². The molecular weight excluding hydrogens is 443 g/mol. The second kappa shape index (κ2) is 10.8. The zero-order chi connectivity index (χ0) is 15.8. The molecule has 0 aliphatic rings. The summed E-state index contributed by atoms with van der Waals surface area (Å²) in [5.41, 5.74) is 2.31. The number of nitrogens with one attached hydrogen (secondary N) is 2. The van der Waals surface area contributed by atoms with Crippen LogP contribution in [0.2, 0.25) is 5.02 Å². The Morgan fingerprint density at radius 1 is 1.26 bits per heavy atom. The molecular formula is C16H22ClIN4S. The number of aromatic nitrogens is 1. The molecule has 2 rings (SSSR count). The van der Waals surface area contributed by atoms with Gasteiger partial charge in [0.1, 0.15) is 0 Å². The minimum Gasteiger partial charge on any atom is -0.356 e. The second-order valence-electron chi connectivity index (χ2n) is 4.82. The van der Waals surface area contributed by atoms with Crippen LogP contribution >= 0.6 is 46.9 Å². The van der Waals surface area contributed by atoms with Crippen LogP contribution in [-0.4, -0.2) is 24.5 Å². The van der Waals surface area contributed by atoms with E-state index < -0.39 is 0 Å². The van der Waals surface area contributed by atoms with E-state index in [2.05, 4.69) is 32.9 Å². The maximum atomic E-state index is 5.88. The fourth-order valence-corrected chi connectivity index (χ4v) is 2.83. The van der Waals surface area contributed by atoms with Gasteiger partial charge in [0.05, 0.1) is 17.2 Å². The van der Waals surface area contributed by atoms with Crippen molar-refractivity contribution in [3.63, 3.8) is 0 Å². The molecule has 1 heterocycles. The molecule has 2 N–H and O–H groups in total. The van der Waals surface area contributed by atoms with Crippen LogP contribution in [-0.2, 0) is 19.4 Å². The molecule has 0 amide bonds. The van der Waals surface area contributed by atoms with E-state index in [-0.39, 0.29) is 24.0 Å². The zero-order valence-corrected chi connectivity index (χ0v) is 17.2. The number of hydrogen-bond acceptors (Lipinski definition) is 3. The molecule has 0 aliphatic carbocycles. The monoisotopic (exact) mass is 464 g/mol. The summed E-state index contributed by atoms with van der Waals surface area (Å²) >= 11 is 7.58. The summed E-state index contributed by atoms with van der Waals surface area (Å²) in [6.07, 6.45) is 1.91. The molecule has 1 aromatic heterocycles. The smallest absolute Gasteiger partial charge is 0.191 e. The Hall–Kier alpha value is -0.860. The third-order valence-corrected chi connectivity index (χ3v) is 4.48. The highest BCUT2D eigenvalue weighted by Crippen LogP contribution is 2.10. The van der Waals surface area contributed by atoms with Crippen LogP contribution < -0.4 is 10.6 Å². The summed E-state index contributed by atoms with van der Waals surface area (Å²) in [5, 5.41) is 10.6. The topological polar surface area (TPSA) is 49.3 Å². The van der Waals surface area contributed by atoms with Crippen LogP contribution in [0.25, 0.3) is 0 Å². The van der Waals surface area contributed by atoms with Gasteiger partial charge in [-0.05, 0) is 30.5 Å². The molecule has 23 heavy (non-hydrogen) atoms. The SMILES string of the molecule is CCc1nc(CNC(=NC)NCCc2ccc(Cl)cc2)cs1.I. The van der Waals surface area contributed by atoms with Crippen molar-refractivity contribution in [2.75, 3.05) is 13.6 Å². The molecule has 7 heteroatoms. The Morgan fingerprint density at radius 3 is 2.61 bits per heavy atom. The molecule has 126 valence electrons. The number of thiazole rings is 1. The van der Waals surface area contributed by atoms with E-state index >= 15 is 0 Å². The van der Waals surface area contributed by atoms with Gasteiger partial charge >= 0.3 is 0 Å². The lowest BCUT2D eigenvalue weighted by atomic mass is 10.1. The van der Waals surface area contributed by atoms with Crippen molar-refractivity contribution in [2.45, 2.75) is 26.3 Å². The molecule has 0 spiro atoms. The van der Waals surface area contributed by atoms with Crippen molar-refractivity contribution in [3.8, 4) is 0 Å². The van der Waals surface area contributed by atoms with Crippen molar-refractivity contribution in [1.82, 2.24) is 15.6 Å². The summed E-state index contributed by atoms with van der Waals surface area (Å²) in [5.74, 6) is 0.792. The highest BCUT2D eigenvalue weighted by molar-refractivity contribution is 14.0. The molecule has 0 bridgehead atoms. The first kappa shape index (κ1) is 20.2. The Bertz CT molecular complexity index is 613. The first-order valence-electron chi connectivity index (χ1n) is 7.33. The van der Waals surface area contributed by atoms with Crippen LogP contribution in [0.4, 0.5) is 0 Å². The van der Waals surface area contributed by atoms with Gasteiger partial charge < -0.3 is 10.6 Å². The van der Waals surface area contributed by atoms with Crippen LogP contribution in [0.5, 0.6) is 0 Å². The van der Waals surface area contributed by atoms with Crippen LogP contribution in [0.1, 0.15) is 23.2 Å². The predicted molar refractivity (Wildman–Crippen MR) is 110 cm³/mol. The first-order chi connectivity index (χ1) is 10.7. The average Bonchev–Trinajstić information content (AvgIpc) is 3.00. The Kier molecular flexibility index (Phi) is 9.50. The standard InChI is InChI=1S/C16H21ClN4S.HI/c1-3-15-21-14(11-22-15)10-20-16(18-2)19-9-8-12-4-6-13(17)7-5-12;/h4-7,11H,3,8-10H2,1-2H3,(H2,18,19,20);1H. The zero-order valence-electron chi connectivity index (χ0n) is 13.3. The third-order valence-electron chi connectivity index (χ3n) is 3.18. The highest BCUT2D eigenvalue weighted by atomic mass is 127. The van der Waals surface area contributed by atoms with Crippen molar-refractivity contribution in [3.05, 3.63) is 50.9 Å². The second-order valence-corrected chi connectivity index (χ2v) is 6.19. The lowest BCUT2D eigenvalue weighted by molar-refractivity contribution is 0.784. The summed E-state index contributed by atoms with van der Waals surface area (Å²) in [6, 6.07) is 7.92. The predicted octanol–water partition coefficient (Wildman–Crippen LogP) is 3.88. The Labute approximate surface area is 163 Å². The van der Waals surface area contributed by atoms with E-state index in [0.29, 0.717) is 6.54 Å². The summed E-state index contributed by atoms with van der Waals surface area (Å²) in [7, 11) is 1.77. The van der Waals surface area contributed by atoms with Gasteiger partial charge in [0.2, 0.25) is 0 Å². The van der Waals surface area contributed by atoms with Crippen molar-refractivity contribution in [2.24, 2.45) is 4.99 Å². The highest BCUT2D eigenvalue weighted by Gasteiger charge is 2.02. The summed E-state index contributed by atoms with van der Waals surface area (Å²) in [4.78, 5) is 8.76. The molecule has 4 nitrogen and oxygen atoms in total. The molecule has 0 atom stereocenters. The lowest BCUT2D eigenvalue weighted by Gasteiger charge is -2.11. The van der Waals surface area contributed by atoms with Crippen LogP contribution in [0.15, 0.2) is 34.6 Å². The number of rotatable bonds is 6. The molecule has 0 fully saturated rings. The number of halogens is 2. The van der Waals surface area contributed by atoms with Gasteiger partial charge in [0.15, 0.2) is 5.96 Å². The number of aliphatic imine (C=N–C) groups is 1. The minimum atomic E-state index is 0. The molecule has 0 saturated heterocycles. The van der Waals surface area contributed by atoms with Gasteiger partial charge in [-0.1, -0.05) is 30.7 Å². The molecule has 2 aromatic rings. The summed E-state index contributed by atoms with van der Waals surface area (Å²) < 4.78 is 0. The van der Waals surface area contributed by atoms with E-state index in [9.17, 15) is 0 Å². The number of benzene rings is 1. The Morgan fingerprint density at radius 2 is 2.00 bits per heavy atom. The van der Waals surface area contributed by atoms with Crippen molar-refractivity contribution in [1.29, 1.82) is 0 Å². The van der Waals surface area contributed by atoms with Gasteiger partial charge in [0.25, 0.3) is 0 Å². The van der Waals surface area contributed by atoms with Crippen LogP contribution in [0, 0.1) is 0 Å². The fraction of sp³-hybridized carbons (Fsp3) is 0.375. The van der Waals surface area contributed by atoms with Gasteiger partial charge in [-0.3, -0.25) is 4.99 Å². The molecule has 0 radical (unpaired) electrons. The lowest BCUT2D eigenvalue weighted by Crippen LogP contribution is -2.37. The maximum absolute atomic E-state index is 5.88. The van der Waals surface area contributed by atoms with E-state index in [1.165, 1.54) is 10.6 Å². The van der Waals surface area contributed by atoms with E-state index in [1.54, 1.807) is 18.4 Å². The quantitative estimate of drug-likeness (QED) is 0.387. The van der Waals surface area contributed by atoms with Gasteiger partial charge in [-0.25, -0.2) is 4.98 Å². The number of guanidine groups is 1. The molecule has 0 unspecified atom stereocenters. The van der Waals surface area contributed by atoms with Crippen LogP contribution in [0.3, 0.4) is 0 Å². The van der Waals surface area contributed by atoms with Gasteiger partial charge in [-0.15, -0.1) is 35.3 Å². The largest absolute Gasteiger partial charge is 0.356 e. The molecule has 0 saturated carbocycles. The minimum absolute atomic E-state index is 0. The number of nitrogens with zero attached hydrogens (tertiary/aromatic N) is 2. The molecule has 1 aromatic carbocycles. The average molecular weight is 465 g/mol. The van der Waals surface area contributed by atoms with E-state index in [0.717, 1.165) is 36.1 Å². The molecule has 0 aliphatic heterocycles. The van der Waals surface area contributed by atoms with Crippen molar-refractivity contribution >= 4 is 52.9 Å². The number of hydrogen-bond donors (Lipinski definition) is 2. The fourth-order valence-electron chi connectivity index (χ4n) is 1.96. The first-order valence-corrected chi connectivity index (χ1v) is 8.59. The Balaban J connectivity index is 0.00000264. The van der Waals surface area contributed by atoms with Gasteiger partial charge in [0, 0.05) is 24.0 Å². The summed E-state index contributed by atoms with van der Waals surface area (Å²) in [6.45, 7) is 3.63.